The fourth-order valence-corrected chi connectivity index (χ4v) is 2.24. The van der Waals surface area contributed by atoms with E-state index in [0.717, 1.165) is 12.1 Å². The number of hydrogen-bond acceptors (Lipinski definition) is 3. The molecule has 0 aliphatic heterocycles. The second-order valence-corrected chi connectivity index (χ2v) is 4.47. The van der Waals surface area contributed by atoms with E-state index >= 15 is 0 Å². The number of aliphatic hydroxyl groups excluding tert-OH is 1. The Bertz CT molecular complexity index is 399. The van der Waals surface area contributed by atoms with Gasteiger partial charge in [-0.3, -0.25) is 0 Å². The van der Waals surface area contributed by atoms with Crippen LogP contribution >= 0.6 is 11.3 Å². The summed E-state index contributed by atoms with van der Waals surface area (Å²) in [6, 6.07) is 12.1. The van der Waals surface area contributed by atoms with Crippen LogP contribution in [0.4, 0.5) is 0 Å². The first-order valence-corrected chi connectivity index (χ1v) is 6.25. The summed E-state index contributed by atoms with van der Waals surface area (Å²) in [7, 11) is 0. The van der Waals surface area contributed by atoms with Gasteiger partial charge in [-0.05, 0) is 28.0 Å². The predicted molar refractivity (Wildman–Crippen MR) is 67.4 cm³/mol. The SMILES string of the molecule is O[C@@H](CNCc1ccccc1)c1ccsc1. The van der Waals surface area contributed by atoms with Crippen LogP contribution in [-0.4, -0.2) is 11.7 Å². The molecule has 2 nitrogen and oxygen atoms in total. The van der Waals surface area contributed by atoms with Gasteiger partial charge in [0.05, 0.1) is 6.10 Å². The zero-order valence-corrected chi connectivity index (χ0v) is 9.78. The van der Waals surface area contributed by atoms with Crippen LogP contribution < -0.4 is 5.32 Å². The molecule has 0 aliphatic rings. The molecule has 1 aromatic heterocycles. The molecule has 0 fully saturated rings. The zero-order chi connectivity index (χ0) is 11.2. The average molecular weight is 233 g/mol. The molecule has 1 aromatic carbocycles. The number of benzene rings is 1. The molecule has 0 unspecified atom stereocenters. The highest BCUT2D eigenvalue weighted by Gasteiger charge is 2.06. The number of hydrogen-bond donors (Lipinski definition) is 2. The molecule has 0 saturated heterocycles. The molecule has 2 N–H and O–H groups in total. The van der Waals surface area contributed by atoms with Crippen LogP contribution in [0.1, 0.15) is 17.2 Å². The Morgan fingerprint density at radius 2 is 2.00 bits per heavy atom. The molecule has 1 atom stereocenters. The Kier molecular flexibility index (Phi) is 4.10. The minimum Gasteiger partial charge on any atom is -0.387 e. The van der Waals surface area contributed by atoms with Crippen LogP contribution in [0.15, 0.2) is 47.2 Å². The predicted octanol–water partition coefficient (Wildman–Crippen LogP) is 2.57. The maximum absolute atomic E-state index is 9.83. The van der Waals surface area contributed by atoms with E-state index < -0.39 is 6.10 Å². The molecule has 84 valence electrons. The van der Waals surface area contributed by atoms with E-state index in [0.29, 0.717) is 6.54 Å². The van der Waals surface area contributed by atoms with Gasteiger partial charge in [0.1, 0.15) is 0 Å². The highest BCUT2D eigenvalue weighted by Crippen LogP contribution is 2.15. The second-order valence-electron chi connectivity index (χ2n) is 3.69. The Labute approximate surface area is 99.6 Å². The number of aliphatic hydroxyl groups is 1. The van der Waals surface area contributed by atoms with E-state index in [2.05, 4.69) is 17.4 Å². The highest BCUT2D eigenvalue weighted by atomic mass is 32.1. The molecule has 2 rings (SSSR count). The maximum atomic E-state index is 9.83. The maximum Gasteiger partial charge on any atom is 0.0922 e. The summed E-state index contributed by atoms with van der Waals surface area (Å²) in [4.78, 5) is 0. The van der Waals surface area contributed by atoms with E-state index in [4.69, 9.17) is 0 Å². The van der Waals surface area contributed by atoms with Crippen LogP contribution in [0, 0.1) is 0 Å². The summed E-state index contributed by atoms with van der Waals surface area (Å²) < 4.78 is 0. The molecule has 1 heterocycles. The third-order valence-corrected chi connectivity index (χ3v) is 3.14. The fraction of sp³-hybridized carbons (Fsp3) is 0.231. The summed E-state index contributed by atoms with van der Waals surface area (Å²) >= 11 is 1.61. The van der Waals surface area contributed by atoms with Gasteiger partial charge in [0.25, 0.3) is 0 Å². The van der Waals surface area contributed by atoms with Gasteiger partial charge in [-0.2, -0.15) is 11.3 Å². The Hall–Kier alpha value is -1.16. The van der Waals surface area contributed by atoms with Gasteiger partial charge in [0.2, 0.25) is 0 Å². The molecular formula is C13H15NOS. The molecule has 0 radical (unpaired) electrons. The Balaban J connectivity index is 1.76. The van der Waals surface area contributed by atoms with E-state index in [1.165, 1.54) is 5.56 Å². The van der Waals surface area contributed by atoms with Gasteiger partial charge in [0, 0.05) is 13.1 Å². The summed E-state index contributed by atoms with van der Waals surface area (Å²) in [6.45, 7) is 1.38. The number of nitrogens with one attached hydrogen (secondary N) is 1. The number of rotatable bonds is 5. The van der Waals surface area contributed by atoms with Gasteiger partial charge < -0.3 is 10.4 Å². The van der Waals surface area contributed by atoms with Gasteiger partial charge in [-0.15, -0.1) is 0 Å². The third kappa shape index (κ3) is 3.17. The average Bonchev–Trinajstić information content (AvgIpc) is 2.84. The van der Waals surface area contributed by atoms with E-state index in [1.54, 1.807) is 11.3 Å². The molecule has 0 saturated carbocycles. The molecular weight excluding hydrogens is 218 g/mol. The molecule has 2 aromatic rings. The summed E-state index contributed by atoms with van der Waals surface area (Å²) in [6.07, 6.45) is -0.407. The first-order valence-electron chi connectivity index (χ1n) is 5.31. The summed E-state index contributed by atoms with van der Waals surface area (Å²) in [5.41, 5.74) is 2.23. The first kappa shape index (κ1) is 11.3. The lowest BCUT2D eigenvalue weighted by Crippen LogP contribution is -2.20. The fourth-order valence-electron chi connectivity index (χ4n) is 1.53. The molecule has 0 amide bonds. The van der Waals surface area contributed by atoms with Crippen LogP contribution in [-0.2, 0) is 6.54 Å². The van der Waals surface area contributed by atoms with Crippen molar-refractivity contribution in [3.63, 3.8) is 0 Å². The van der Waals surface area contributed by atoms with Crippen molar-refractivity contribution in [2.45, 2.75) is 12.6 Å². The van der Waals surface area contributed by atoms with Gasteiger partial charge >= 0.3 is 0 Å². The first-order chi connectivity index (χ1) is 7.86. The largest absolute Gasteiger partial charge is 0.387 e. The van der Waals surface area contributed by atoms with Crippen molar-refractivity contribution in [2.75, 3.05) is 6.54 Å². The second kappa shape index (κ2) is 5.80. The summed E-state index contributed by atoms with van der Waals surface area (Å²) in [5, 5.41) is 17.0. The zero-order valence-electron chi connectivity index (χ0n) is 8.97. The molecule has 0 aliphatic carbocycles. The molecule has 3 heteroatoms. The normalized spacial score (nSPS) is 12.6. The lowest BCUT2D eigenvalue weighted by molar-refractivity contribution is 0.175. The van der Waals surface area contributed by atoms with Gasteiger partial charge in [-0.1, -0.05) is 30.3 Å². The standard InChI is InChI=1S/C13H15NOS/c15-13(12-6-7-16-10-12)9-14-8-11-4-2-1-3-5-11/h1-7,10,13-15H,8-9H2/t13-/m0/s1. The van der Waals surface area contributed by atoms with Crippen molar-refractivity contribution in [3.8, 4) is 0 Å². The van der Waals surface area contributed by atoms with Crippen molar-refractivity contribution in [1.82, 2.24) is 5.32 Å². The van der Waals surface area contributed by atoms with Crippen molar-refractivity contribution >= 4 is 11.3 Å². The lowest BCUT2D eigenvalue weighted by Gasteiger charge is -2.10. The van der Waals surface area contributed by atoms with Crippen molar-refractivity contribution in [3.05, 3.63) is 58.3 Å². The topological polar surface area (TPSA) is 32.3 Å². The van der Waals surface area contributed by atoms with Crippen LogP contribution in [0.2, 0.25) is 0 Å². The third-order valence-electron chi connectivity index (χ3n) is 2.44. The van der Waals surface area contributed by atoms with Gasteiger partial charge in [0.15, 0.2) is 0 Å². The smallest absolute Gasteiger partial charge is 0.0922 e. The van der Waals surface area contributed by atoms with Crippen LogP contribution in [0.5, 0.6) is 0 Å². The van der Waals surface area contributed by atoms with Crippen molar-refractivity contribution in [1.29, 1.82) is 0 Å². The van der Waals surface area contributed by atoms with Crippen LogP contribution in [0.25, 0.3) is 0 Å². The monoisotopic (exact) mass is 233 g/mol. The highest BCUT2D eigenvalue weighted by molar-refractivity contribution is 7.07. The minimum atomic E-state index is -0.407. The molecule has 16 heavy (non-hydrogen) atoms. The van der Waals surface area contributed by atoms with E-state index in [9.17, 15) is 5.11 Å². The quantitative estimate of drug-likeness (QED) is 0.832. The van der Waals surface area contributed by atoms with E-state index in [1.807, 2.05) is 35.0 Å². The van der Waals surface area contributed by atoms with E-state index in [-0.39, 0.29) is 0 Å². The van der Waals surface area contributed by atoms with Gasteiger partial charge in [-0.25, -0.2) is 0 Å². The minimum absolute atomic E-state index is 0.407. The Morgan fingerprint density at radius 1 is 1.19 bits per heavy atom. The summed E-state index contributed by atoms with van der Waals surface area (Å²) in [5.74, 6) is 0. The van der Waals surface area contributed by atoms with Crippen molar-refractivity contribution in [2.24, 2.45) is 0 Å². The number of thiophene rings is 1. The molecule has 0 spiro atoms. The lowest BCUT2D eigenvalue weighted by atomic mass is 10.2. The molecule has 0 bridgehead atoms. The Morgan fingerprint density at radius 3 is 2.69 bits per heavy atom. The van der Waals surface area contributed by atoms with Crippen LogP contribution in [0.3, 0.4) is 0 Å². The van der Waals surface area contributed by atoms with Crippen molar-refractivity contribution < 1.29 is 5.11 Å².